The van der Waals surface area contributed by atoms with Gasteiger partial charge < -0.3 is 9.63 Å². The summed E-state index contributed by atoms with van der Waals surface area (Å²) in [5, 5.41) is 14.5. The van der Waals surface area contributed by atoms with Gasteiger partial charge in [-0.15, -0.1) is 11.3 Å². The second-order valence-corrected chi connectivity index (χ2v) is 7.10. The highest BCUT2D eigenvalue weighted by Crippen LogP contribution is 2.34. The van der Waals surface area contributed by atoms with E-state index in [0.717, 1.165) is 24.5 Å². The Morgan fingerprint density at radius 3 is 2.69 bits per heavy atom. The molecule has 0 bridgehead atoms. The monoisotopic (exact) mass is 391 g/mol. The molecule has 0 radical (unpaired) electrons. The largest absolute Gasteiger partial charge is 0.490 e. The van der Waals surface area contributed by atoms with Crippen LogP contribution in [0, 0.1) is 0 Å². The van der Waals surface area contributed by atoms with Crippen molar-refractivity contribution in [3.63, 3.8) is 0 Å². The number of hydrogen-bond donors (Lipinski definition) is 1. The van der Waals surface area contributed by atoms with Crippen molar-refractivity contribution in [3.8, 4) is 0 Å². The van der Waals surface area contributed by atoms with Gasteiger partial charge in [0.15, 0.2) is 5.76 Å². The first-order valence-electron chi connectivity index (χ1n) is 8.07. The van der Waals surface area contributed by atoms with Crippen LogP contribution in [0.4, 0.5) is 13.2 Å². The summed E-state index contributed by atoms with van der Waals surface area (Å²) in [4.78, 5) is 15.8. The number of thiazole rings is 1. The van der Waals surface area contributed by atoms with Crippen LogP contribution in [0.25, 0.3) is 0 Å². The Hall–Kier alpha value is -1.94. The molecule has 1 aliphatic heterocycles. The van der Waals surface area contributed by atoms with Gasteiger partial charge in [0.05, 0.1) is 18.3 Å². The highest BCUT2D eigenvalue weighted by molar-refractivity contribution is 7.09. The van der Waals surface area contributed by atoms with Crippen molar-refractivity contribution in [3.05, 3.63) is 34.1 Å². The van der Waals surface area contributed by atoms with E-state index in [2.05, 4.69) is 40.3 Å². The molecule has 3 heterocycles. The Kier molecular flexibility index (Phi) is 6.76. The van der Waals surface area contributed by atoms with E-state index in [9.17, 15) is 13.2 Å². The summed E-state index contributed by atoms with van der Waals surface area (Å²) in [5.41, 5.74) is 1.04. The normalized spacial score (nSPS) is 18.0. The zero-order valence-corrected chi connectivity index (χ0v) is 15.2. The standard InChI is InChI=1S/C14H19N3OS.C2HF3O2/c1-10(2)12-8-11(18-16-12)9-17-6-3-4-13(17)14-15-5-7-19-14;3-2(4,5)1(6)7/h5,7-8,10,13H,3-4,6,9H2,1-2H3;(H,6,7). The number of halogens is 3. The Labute approximate surface area is 152 Å². The number of aliphatic carboxylic acids is 1. The van der Waals surface area contributed by atoms with E-state index in [4.69, 9.17) is 14.4 Å². The molecule has 1 saturated heterocycles. The van der Waals surface area contributed by atoms with Crippen LogP contribution in [0.3, 0.4) is 0 Å². The second-order valence-electron chi connectivity index (χ2n) is 6.17. The van der Waals surface area contributed by atoms with Crippen molar-refractivity contribution in [2.24, 2.45) is 0 Å². The Bertz CT molecular complexity index is 701. The lowest BCUT2D eigenvalue weighted by Gasteiger charge is -2.20. The lowest BCUT2D eigenvalue weighted by Crippen LogP contribution is -2.22. The van der Waals surface area contributed by atoms with Crippen LogP contribution in [0.2, 0.25) is 0 Å². The van der Waals surface area contributed by atoms with Crippen molar-refractivity contribution >= 4 is 17.3 Å². The van der Waals surface area contributed by atoms with Crippen molar-refractivity contribution < 1.29 is 27.6 Å². The highest BCUT2D eigenvalue weighted by atomic mass is 32.1. The van der Waals surface area contributed by atoms with Crippen LogP contribution in [0.1, 0.15) is 55.1 Å². The maximum Gasteiger partial charge on any atom is 0.490 e. The summed E-state index contributed by atoms with van der Waals surface area (Å²) in [6, 6.07) is 2.54. The van der Waals surface area contributed by atoms with Crippen molar-refractivity contribution in [2.45, 2.75) is 51.4 Å². The average Bonchev–Trinajstić information content (AvgIpc) is 3.28. The van der Waals surface area contributed by atoms with Crippen LogP contribution < -0.4 is 0 Å². The summed E-state index contributed by atoms with van der Waals surface area (Å²) < 4.78 is 37.2. The molecule has 10 heteroatoms. The van der Waals surface area contributed by atoms with E-state index in [1.807, 2.05) is 6.20 Å². The van der Waals surface area contributed by atoms with E-state index in [1.165, 1.54) is 17.8 Å². The van der Waals surface area contributed by atoms with E-state index in [0.29, 0.717) is 12.0 Å². The predicted molar refractivity (Wildman–Crippen MR) is 88.8 cm³/mol. The number of alkyl halides is 3. The number of rotatable bonds is 4. The summed E-state index contributed by atoms with van der Waals surface area (Å²) in [6.07, 6.45) is -0.768. The van der Waals surface area contributed by atoms with Gasteiger partial charge in [-0.1, -0.05) is 19.0 Å². The summed E-state index contributed by atoms with van der Waals surface area (Å²) in [7, 11) is 0. The Balaban J connectivity index is 0.000000298. The summed E-state index contributed by atoms with van der Waals surface area (Å²) >= 11 is 1.75. The number of aromatic nitrogens is 2. The first-order chi connectivity index (χ1) is 12.2. The average molecular weight is 391 g/mol. The van der Waals surface area contributed by atoms with Gasteiger partial charge in [0.2, 0.25) is 0 Å². The topological polar surface area (TPSA) is 79.5 Å². The molecular formula is C16H20F3N3O3S. The van der Waals surface area contributed by atoms with Crippen molar-refractivity contribution in [1.29, 1.82) is 0 Å². The van der Waals surface area contributed by atoms with Gasteiger partial charge in [0.25, 0.3) is 0 Å². The summed E-state index contributed by atoms with van der Waals surface area (Å²) in [6.45, 7) is 6.22. The van der Waals surface area contributed by atoms with Crippen LogP contribution >= 0.6 is 11.3 Å². The van der Waals surface area contributed by atoms with Gasteiger partial charge in [0, 0.05) is 17.6 Å². The zero-order chi connectivity index (χ0) is 19.3. The summed E-state index contributed by atoms with van der Waals surface area (Å²) in [5.74, 6) is -1.37. The molecule has 1 aliphatic rings. The maximum absolute atomic E-state index is 10.6. The molecule has 0 saturated carbocycles. The minimum absolute atomic E-state index is 0.422. The molecule has 2 aromatic rings. The second kappa shape index (κ2) is 8.63. The number of nitrogens with zero attached hydrogens (tertiary/aromatic N) is 3. The minimum atomic E-state index is -5.08. The van der Waals surface area contributed by atoms with E-state index >= 15 is 0 Å². The number of likely N-dealkylation sites (tertiary alicyclic amines) is 1. The quantitative estimate of drug-likeness (QED) is 0.840. The van der Waals surface area contributed by atoms with E-state index in [-0.39, 0.29) is 0 Å². The molecule has 26 heavy (non-hydrogen) atoms. The van der Waals surface area contributed by atoms with Gasteiger partial charge >= 0.3 is 12.1 Å². The van der Waals surface area contributed by atoms with E-state index < -0.39 is 12.1 Å². The fraction of sp³-hybridized carbons (Fsp3) is 0.562. The fourth-order valence-corrected chi connectivity index (χ4v) is 3.38. The molecule has 0 aromatic carbocycles. The molecule has 3 rings (SSSR count). The minimum Gasteiger partial charge on any atom is -0.475 e. The number of hydrogen-bond acceptors (Lipinski definition) is 6. The first kappa shape index (κ1) is 20.4. The fourth-order valence-electron chi connectivity index (χ4n) is 2.57. The third kappa shape index (κ3) is 5.53. The van der Waals surface area contributed by atoms with Crippen LogP contribution in [-0.2, 0) is 11.3 Å². The SMILES string of the molecule is CC(C)c1cc(CN2CCCC2c2nccs2)on1.O=C(O)C(F)(F)F. The highest BCUT2D eigenvalue weighted by Gasteiger charge is 2.38. The van der Waals surface area contributed by atoms with Gasteiger partial charge in [-0.3, -0.25) is 4.90 Å². The molecule has 144 valence electrons. The molecule has 1 atom stereocenters. The molecule has 1 unspecified atom stereocenters. The molecule has 1 fully saturated rings. The number of carbonyl (C=O) groups is 1. The smallest absolute Gasteiger partial charge is 0.475 e. The lowest BCUT2D eigenvalue weighted by molar-refractivity contribution is -0.192. The van der Waals surface area contributed by atoms with Gasteiger partial charge in [-0.25, -0.2) is 9.78 Å². The van der Waals surface area contributed by atoms with Gasteiger partial charge in [-0.05, 0) is 25.3 Å². The number of carboxylic acid groups (broad SMARTS) is 1. The van der Waals surface area contributed by atoms with Crippen LogP contribution in [0.5, 0.6) is 0 Å². The van der Waals surface area contributed by atoms with E-state index in [1.54, 1.807) is 11.3 Å². The lowest BCUT2D eigenvalue weighted by atomic mass is 10.1. The third-order valence-electron chi connectivity index (χ3n) is 3.87. The van der Waals surface area contributed by atoms with Crippen LogP contribution in [0.15, 0.2) is 22.2 Å². The molecule has 0 aliphatic carbocycles. The third-order valence-corrected chi connectivity index (χ3v) is 4.75. The molecule has 2 aromatic heterocycles. The maximum atomic E-state index is 10.6. The van der Waals surface area contributed by atoms with Crippen molar-refractivity contribution in [2.75, 3.05) is 6.54 Å². The molecular weight excluding hydrogens is 371 g/mol. The van der Waals surface area contributed by atoms with Gasteiger partial charge in [0.1, 0.15) is 5.01 Å². The zero-order valence-electron chi connectivity index (χ0n) is 14.4. The number of carboxylic acids is 1. The Morgan fingerprint density at radius 1 is 1.50 bits per heavy atom. The Morgan fingerprint density at radius 2 is 2.19 bits per heavy atom. The molecule has 0 amide bonds. The van der Waals surface area contributed by atoms with Crippen molar-refractivity contribution in [1.82, 2.24) is 15.0 Å². The molecule has 6 nitrogen and oxygen atoms in total. The van der Waals surface area contributed by atoms with Crippen LogP contribution in [-0.4, -0.2) is 38.8 Å². The van der Waals surface area contributed by atoms with Gasteiger partial charge in [-0.2, -0.15) is 13.2 Å². The molecule has 0 spiro atoms. The first-order valence-corrected chi connectivity index (χ1v) is 8.95. The predicted octanol–water partition coefficient (Wildman–Crippen LogP) is 4.22. The molecule has 1 N–H and O–H groups in total.